The lowest BCUT2D eigenvalue weighted by Gasteiger charge is -2.13. The third kappa shape index (κ3) is 1.44. The zero-order chi connectivity index (χ0) is 9.35. The molecule has 0 unspecified atom stereocenters. The molecular weight excluding hydrogens is 176 g/mol. The van der Waals surface area contributed by atoms with Crippen LogP contribution >= 0.6 is 11.6 Å². The second-order valence-corrected chi connectivity index (χ2v) is 3.91. The van der Waals surface area contributed by atoms with Crippen LogP contribution in [-0.2, 0) is 5.41 Å². The van der Waals surface area contributed by atoms with E-state index >= 15 is 0 Å². The summed E-state index contributed by atoms with van der Waals surface area (Å²) in [6.45, 7) is 5.83. The third-order valence-corrected chi connectivity index (χ3v) is 1.77. The molecule has 1 heterocycles. The van der Waals surface area contributed by atoms with Gasteiger partial charge >= 0.3 is 0 Å². The van der Waals surface area contributed by atoms with Crippen molar-refractivity contribution in [2.75, 3.05) is 0 Å². The molecule has 0 aromatic carbocycles. The van der Waals surface area contributed by atoms with Gasteiger partial charge in [0.1, 0.15) is 11.1 Å². The van der Waals surface area contributed by atoms with Crippen molar-refractivity contribution < 1.29 is 4.52 Å². The molecule has 0 atom stereocenters. The molecule has 0 amide bonds. The van der Waals surface area contributed by atoms with E-state index in [-0.39, 0.29) is 11.1 Å². The quantitative estimate of drug-likeness (QED) is 0.623. The van der Waals surface area contributed by atoms with E-state index in [0.717, 1.165) is 0 Å². The first-order valence-corrected chi connectivity index (χ1v) is 3.90. The highest BCUT2D eigenvalue weighted by Gasteiger charge is 2.25. The second-order valence-electron chi connectivity index (χ2n) is 3.54. The van der Waals surface area contributed by atoms with Crippen molar-refractivity contribution in [1.29, 1.82) is 5.26 Å². The number of nitriles is 1. The Hall–Kier alpha value is -1.01. The zero-order valence-electron chi connectivity index (χ0n) is 7.18. The predicted octanol–water partition coefficient (Wildman–Crippen LogP) is 2.50. The average Bonchev–Trinajstić information content (AvgIpc) is 2.29. The van der Waals surface area contributed by atoms with Crippen LogP contribution in [-0.4, -0.2) is 5.16 Å². The smallest absolute Gasteiger partial charge is 0.202 e. The maximum absolute atomic E-state index is 8.54. The van der Waals surface area contributed by atoms with Gasteiger partial charge in [0.15, 0.2) is 5.76 Å². The topological polar surface area (TPSA) is 49.8 Å². The number of hydrogen-bond acceptors (Lipinski definition) is 3. The fourth-order valence-corrected chi connectivity index (χ4v) is 1.21. The molecule has 0 saturated carbocycles. The van der Waals surface area contributed by atoms with Crippen molar-refractivity contribution in [1.82, 2.24) is 5.16 Å². The molecule has 1 rings (SSSR count). The van der Waals surface area contributed by atoms with E-state index in [1.165, 1.54) is 0 Å². The third-order valence-electron chi connectivity index (χ3n) is 1.42. The van der Waals surface area contributed by atoms with Crippen LogP contribution < -0.4 is 0 Å². The molecule has 0 fully saturated rings. The van der Waals surface area contributed by atoms with Gasteiger partial charge in [0.25, 0.3) is 0 Å². The molecule has 1 aromatic heterocycles. The summed E-state index contributed by atoms with van der Waals surface area (Å²) in [7, 11) is 0. The van der Waals surface area contributed by atoms with E-state index in [1.807, 2.05) is 26.8 Å². The lowest BCUT2D eigenvalue weighted by molar-refractivity contribution is 0.328. The summed E-state index contributed by atoms with van der Waals surface area (Å²) >= 11 is 5.83. The van der Waals surface area contributed by atoms with Crippen LogP contribution in [0.4, 0.5) is 0 Å². The molecule has 0 aliphatic heterocycles. The highest BCUT2D eigenvalue weighted by atomic mass is 35.5. The Morgan fingerprint density at radius 2 is 2.08 bits per heavy atom. The molecule has 64 valence electrons. The summed E-state index contributed by atoms with van der Waals surface area (Å²) in [4.78, 5) is 0. The lowest BCUT2D eigenvalue weighted by Crippen LogP contribution is -2.10. The van der Waals surface area contributed by atoms with Crippen molar-refractivity contribution in [3.05, 3.63) is 16.5 Å². The highest BCUT2D eigenvalue weighted by molar-refractivity contribution is 6.32. The van der Waals surface area contributed by atoms with Crippen molar-refractivity contribution in [2.45, 2.75) is 26.2 Å². The standard InChI is InChI=1S/C8H9ClN2O/c1-8(2,3)7-6(9)5(4-10)11-12-7/h1-3H3. The van der Waals surface area contributed by atoms with E-state index in [9.17, 15) is 0 Å². The van der Waals surface area contributed by atoms with E-state index in [2.05, 4.69) is 5.16 Å². The lowest BCUT2D eigenvalue weighted by atomic mass is 9.93. The molecule has 12 heavy (non-hydrogen) atoms. The Morgan fingerprint density at radius 1 is 1.50 bits per heavy atom. The number of hydrogen-bond donors (Lipinski definition) is 0. The van der Waals surface area contributed by atoms with Gasteiger partial charge < -0.3 is 4.52 Å². The van der Waals surface area contributed by atoms with Gasteiger partial charge in [-0.3, -0.25) is 0 Å². The molecule has 0 saturated heterocycles. The van der Waals surface area contributed by atoms with Gasteiger partial charge in [-0.1, -0.05) is 37.5 Å². The molecule has 0 aliphatic carbocycles. The van der Waals surface area contributed by atoms with Crippen molar-refractivity contribution in [3.8, 4) is 6.07 Å². The summed E-state index contributed by atoms with van der Waals surface area (Å²) in [5, 5.41) is 12.4. The molecule has 1 aromatic rings. The Morgan fingerprint density at radius 3 is 2.33 bits per heavy atom. The van der Waals surface area contributed by atoms with Crippen LogP contribution in [0.25, 0.3) is 0 Å². The van der Waals surface area contributed by atoms with Crippen LogP contribution in [0.1, 0.15) is 32.2 Å². The fraction of sp³-hybridized carbons (Fsp3) is 0.500. The molecule has 3 nitrogen and oxygen atoms in total. The van der Waals surface area contributed by atoms with E-state index < -0.39 is 0 Å². The molecule has 4 heteroatoms. The van der Waals surface area contributed by atoms with Gasteiger partial charge in [-0.05, 0) is 0 Å². The Labute approximate surface area is 75.9 Å². The van der Waals surface area contributed by atoms with Crippen LogP contribution in [0.15, 0.2) is 4.52 Å². The number of halogens is 1. The van der Waals surface area contributed by atoms with Gasteiger partial charge in [-0.25, -0.2) is 0 Å². The highest BCUT2D eigenvalue weighted by Crippen LogP contribution is 2.31. The summed E-state index contributed by atoms with van der Waals surface area (Å²) < 4.78 is 4.95. The van der Waals surface area contributed by atoms with Crippen LogP contribution in [0.5, 0.6) is 0 Å². The molecule has 0 radical (unpaired) electrons. The maximum Gasteiger partial charge on any atom is 0.202 e. The SMILES string of the molecule is CC(C)(C)c1onc(C#N)c1Cl. The molecular formula is C8H9ClN2O. The van der Waals surface area contributed by atoms with Gasteiger partial charge in [0, 0.05) is 5.41 Å². The number of aromatic nitrogens is 1. The van der Waals surface area contributed by atoms with Crippen molar-refractivity contribution in [3.63, 3.8) is 0 Å². The normalized spacial score (nSPS) is 11.2. The van der Waals surface area contributed by atoms with Gasteiger partial charge in [-0.15, -0.1) is 0 Å². The Balaban J connectivity index is 3.22. The minimum atomic E-state index is -0.209. The van der Waals surface area contributed by atoms with E-state index in [0.29, 0.717) is 10.8 Å². The molecule has 0 spiro atoms. The van der Waals surface area contributed by atoms with Gasteiger partial charge in [-0.2, -0.15) is 5.26 Å². The minimum absolute atomic E-state index is 0.154. The molecule has 0 bridgehead atoms. The molecule has 0 aliphatic rings. The number of rotatable bonds is 0. The summed E-state index contributed by atoms with van der Waals surface area (Å²) in [5.41, 5.74) is -0.0549. The van der Waals surface area contributed by atoms with Crippen molar-refractivity contribution >= 4 is 11.6 Å². The van der Waals surface area contributed by atoms with E-state index in [4.69, 9.17) is 21.4 Å². The van der Waals surface area contributed by atoms with Crippen LogP contribution in [0.2, 0.25) is 5.02 Å². The largest absolute Gasteiger partial charge is 0.358 e. The summed E-state index contributed by atoms with van der Waals surface area (Å²) in [6, 6.07) is 1.85. The molecule has 0 N–H and O–H groups in total. The first-order valence-electron chi connectivity index (χ1n) is 3.52. The zero-order valence-corrected chi connectivity index (χ0v) is 7.94. The summed E-state index contributed by atoms with van der Waals surface area (Å²) in [6.07, 6.45) is 0. The predicted molar refractivity (Wildman–Crippen MR) is 44.9 cm³/mol. The monoisotopic (exact) mass is 184 g/mol. The maximum atomic E-state index is 8.54. The van der Waals surface area contributed by atoms with Crippen molar-refractivity contribution in [2.24, 2.45) is 0 Å². The average molecular weight is 185 g/mol. The Bertz CT molecular complexity index is 330. The van der Waals surface area contributed by atoms with Gasteiger partial charge in [0.2, 0.25) is 5.69 Å². The fourth-order valence-electron chi connectivity index (χ4n) is 0.815. The first-order chi connectivity index (χ1) is 5.46. The van der Waals surface area contributed by atoms with Crippen LogP contribution in [0.3, 0.4) is 0 Å². The van der Waals surface area contributed by atoms with Crippen LogP contribution in [0, 0.1) is 11.3 Å². The second kappa shape index (κ2) is 2.80. The minimum Gasteiger partial charge on any atom is -0.358 e. The first kappa shape index (κ1) is 9.08. The van der Waals surface area contributed by atoms with Gasteiger partial charge in [0.05, 0.1) is 0 Å². The Kier molecular flexibility index (Phi) is 2.12. The summed E-state index contributed by atoms with van der Waals surface area (Å²) in [5.74, 6) is 0.556. The van der Waals surface area contributed by atoms with E-state index in [1.54, 1.807) is 0 Å². The number of nitrogens with zero attached hydrogens (tertiary/aromatic N) is 2.